The molecule has 0 saturated carbocycles. The van der Waals surface area contributed by atoms with E-state index >= 15 is 0 Å². The van der Waals surface area contributed by atoms with Gasteiger partial charge in [-0.05, 0) is 48.1 Å². The molecule has 0 aliphatic rings. The number of hydrogen-bond acceptors (Lipinski definition) is 4. The van der Waals surface area contributed by atoms with Crippen molar-refractivity contribution in [1.29, 1.82) is 0 Å². The monoisotopic (exact) mass is 371 g/mol. The Balaban J connectivity index is 1.91. The van der Waals surface area contributed by atoms with E-state index in [0.717, 1.165) is 11.5 Å². The fourth-order valence-corrected chi connectivity index (χ4v) is 3.17. The number of thioether (sulfide) groups is 1. The highest BCUT2D eigenvalue weighted by Crippen LogP contribution is 2.21. The molecule has 0 aromatic heterocycles. The van der Waals surface area contributed by atoms with E-state index in [4.69, 9.17) is 4.74 Å². The average molecular weight is 372 g/mol. The van der Waals surface area contributed by atoms with E-state index in [1.807, 2.05) is 12.1 Å². The van der Waals surface area contributed by atoms with E-state index in [0.29, 0.717) is 18.7 Å². The molecule has 0 saturated heterocycles. The third-order valence-corrected chi connectivity index (χ3v) is 4.77. The molecule has 6 heteroatoms. The van der Waals surface area contributed by atoms with Crippen LogP contribution in [0.4, 0.5) is 0 Å². The predicted molar refractivity (Wildman–Crippen MR) is 108 cm³/mol. The first-order valence-corrected chi connectivity index (χ1v) is 9.55. The molecule has 0 fully saturated rings. The number of rotatable bonds is 6. The first kappa shape index (κ1) is 19.8. The second-order valence-electron chi connectivity index (χ2n) is 5.78. The number of nitrogens with one attached hydrogen (secondary N) is 2. The van der Waals surface area contributed by atoms with Gasteiger partial charge in [-0.25, -0.2) is 4.79 Å². The summed E-state index contributed by atoms with van der Waals surface area (Å²) >= 11 is 1.75. The Kier molecular flexibility index (Phi) is 7.53. The van der Waals surface area contributed by atoms with Crippen molar-refractivity contribution in [2.75, 3.05) is 20.4 Å². The molecular weight excluding hydrogens is 346 g/mol. The molecule has 2 rings (SSSR count). The molecule has 2 aromatic rings. The number of carbonyl (C=O) groups excluding carboxylic acids is 1. The number of esters is 1. The van der Waals surface area contributed by atoms with Crippen molar-refractivity contribution < 1.29 is 9.53 Å². The number of hydrogen-bond donors (Lipinski definition) is 2. The van der Waals surface area contributed by atoms with E-state index in [1.54, 1.807) is 30.9 Å². The maximum atomic E-state index is 11.5. The molecule has 0 bridgehead atoms. The highest BCUT2D eigenvalue weighted by Gasteiger charge is 2.06. The lowest BCUT2D eigenvalue weighted by Gasteiger charge is -2.14. The fraction of sp³-hybridized carbons (Fsp3) is 0.300. The summed E-state index contributed by atoms with van der Waals surface area (Å²) in [7, 11) is 3.13. The first-order valence-electron chi connectivity index (χ1n) is 8.32. The van der Waals surface area contributed by atoms with Crippen molar-refractivity contribution in [2.45, 2.75) is 24.9 Å². The lowest BCUT2D eigenvalue weighted by atomic mass is 10.1. The molecule has 138 valence electrons. The van der Waals surface area contributed by atoms with Gasteiger partial charge >= 0.3 is 5.97 Å². The van der Waals surface area contributed by atoms with Crippen LogP contribution in [0.25, 0.3) is 0 Å². The van der Waals surface area contributed by atoms with Gasteiger partial charge in [-0.15, -0.1) is 11.8 Å². The van der Waals surface area contributed by atoms with Crippen LogP contribution in [0.15, 0.2) is 52.4 Å². The summed E-state index contributed by atoms with van der Waals surface area (Å²) in [6.45, 7) is 3.42. The van der Waals surface area contributed by atoms with Gasteiger partial charge in [0.2, 0.25) is 0 Å². The van der Waals surface area contributed by atoms with Crippen LogP contribution in [0.3, 0.4) is 0 Å². The zero-order chi connectivity index (χ0) is 18.9. The predicted octanol–water partition coefficient (Wildman–Crippen LogP) is 3.37. The second-order valence-corrected chi connectivity index (χ2v) is 6.63. The van der Waals surface area contributed by atoms with Crippen molar-refractivity contribution in [3.63, 3.8) is 0 Å². The summed E-state index contributed by atoms with van der Waals surface area (Å²) < 4.78 is 4.71. The maximum Gasteiger partial charge on any atom is 0.337 e. The van der Waals surface area contributed by atoms with E-state index in [-0.39, 0.29) is 5.97 Å². The quantitative estimate of drug-likeness (QED) is 0.353. The van der Waals surface area contributed by atoms with Crippen molar-refractivity contribution in [3.8, 4) is 0 Å². The highest BCUT2D eigenvalue weighted by atomic mass is 32.2. The van der Waals surface area contributed by atoms with Gasteiger partial charge in [0, 0.05) is 25.0 Å². The SMILES string of the molecule is CN=C(NCc1ccc(C(=O)OC)cc1)NCc1ccc(C)cc1SC. The van der Waals surface area contributed by atoms with Gasteiger partial charge in [-0.2, -0.15) is 0 Å². The minimum absolute atomic E-state index is 0.329. The van der Waals surface area contributed by atoms with Crippen LogP contribution >= 0.6 is 11.8 Å². The Morgan fingerprint density at radius 3 is 2.42 bits per heavy atom. The van der Waals surface area contributed by atoms with E-state index in [9.17, 15) is 4.79 Å². The number of nitrogens with zero attached hydrogens (tertiary/aromatic N) is 1. The molecule has 0 heterocycles. The van der Waals surface area contributed by atoms with Crippen LogP contribution in [-0.4, -0.2) is 32.3 Å². The van der Waals surface area contributed by atoms with Crippen LogP contribution in [0.2, 0.25) is 0 Å². The Labute approximate surface area is 159 Å². The third-order valence-electron chi connectivity index (χ3n) is 3.95. The van der Waals surface area contributed by atoms with Crippen LogP contribution < -0.4 is 10.6 Å². The van der Waals surface area contributed by atoms with E-state index in [2.05, 4.69) is 47.0 Å². The van der Waals surface area contributed by atoms with Crippen LogP contribution in [-0.2, 0) is 17.8 Å². The molecule has 26 heavy (non-hydrogen) atoms. The molecule has 0 aliphatic heterocycles. The smallest absolute Gasteiger partial charge is 0.337 e. The normalized spacial score (nSPS) is 11.2. The number of carbonyl (C=O) groups is 1. The van der Waals surface area contributed by atoms with Gasteiger partial charge in [0.1, 0.15) is 0 Å². The number of aryl methyl sites for hydroxylation is 1. The van der Waals surface area contributed by atoms with E-state index in [1.165, 1.54) is 23.1 Å². The summed E-state index contributed by atoms with van der Waals surface area (Å²) in [4.78, 5) is 17.0. The lowest BCUT2D eigenvalue weighted by molar-refractivity contribution is 0.0600. The zero-order valence-electron chi connectivity index (χ0n) is 15.6. The molecule has 0 amide bonds. The van der Waals surface area contributed by atoms with Crippen LogP contribution in [0, 0.1) is 6.92 Å². The largest absolute Gasteiger partial charge is 0.465 e. The summed E-state index contributed by atoms with van der Waals surface area (Å²) in [5, 5.41) is 6.62. The third kappa shape index (κ3) is 5.52. The first-order chi connectivity index (χ1) is 12.6. The standard InChI is InChI=1S/C20H25N3O2S/c1-14-5-8-17(18(11-14)26-4)13-23-20(21-2)22-12-15-6-9-16(10-7-15)19(24)25-3/h5-11H,12-13H2,1-4H3,(H2,21,22,23). The van der Waals surface area contributed by atoms with Gasteiger partial charge in [0.25, 0.3) is 0 Å². The highest BCUT2D eigenvalue weighted by molar-refractivity contribution is 7.98. The number of aliphatic imine (C=N–C) groups is 1. The van der Waals surface area contributed by atoms with Gasteiger partial charge in [0.05, 0.1) is 12.7 Å². The van der Waals surface area contributed by atoms with Crippen molar-refractivity contribution in [3.05, 3.63) is 64.7 Å². The molecule has 0 unspecified atom stereocenters. The second kappa shape index (κ2) is 9.87. The zero-order valence-corrected chi connectivity index (χ0v) is 16.4. The van der Waals surface area contributed by atoms with E-state index < -0.39 is 0 Å². The van der Waals surface area contributed by atoms with Crippen LogP contribution in [0.1, 0.15) is 27.0 Å². The Morgan fingerprint density at radius 2 is 1.81 bits per heavy atom. The fourth-order valence-electron chi connectivity index (χ4n) is 2.46. The number of benzene rings is 2. The van der Waals surface area contributed by atoms with Crippen molar-refractivity contribution in [2.24, 2.45) is 4.99 Å². The van der Waals surface area contributed by atoms with Gasteiger partial charge in [-0.3, -0.25) is 4.99 Å². The molecule has 0 atom stereocenters. The topological polar surface area (TPSA) is 62.7 Å². The molecule has 0 radical (unpaired) electrons. The number of methoxy groups -OCH3 is 1. The average Bonchev–Trinajstić information content (AvgIpc) is 2.68. The van der Waals surface area contributed by atoms with Gasteiger partial charge in [0.15, 0.2) is 5.96 Å². The molecule has 0 spiro atoms. The van der Waals surface area contributed by atoms with Gasteiger partial charge < -0.3 is 15.4 Å². The lowest BCUT2D eigenvalue weighted by Crippen LogP contribution is -2.36. The van der Waals surface area contributed by atoms with Gasteiger partial charge in [-0.1, -0.05) is 24.3 Å². The summed E-state index contributed by atoms with van der Waals surface area (Å²) in [6, 6.07) is 13.8. The number of guanidine groups is 1. The maximum absolute atomic E-state index is 11.5. The summed E-state index contributed by atoms with van der Waals surface area (Å²) in [5.74, 6) is 0.402. The summed E-state index contributed by atoms with van der Waals surface area (Å²) in [6.07, 6.45) is 2.09. The Morgan fingerprint density at radius 1 is 1.12 bits per heavy atom. The van der Waals surface area contributed by atoms with Crippen LogP contribution in [0.5, 0.6) is 0 Å². The minimum Gasteiger partial charge on any atom is -0.465 e. The molecule has 0 aliphatic carbocycles. The molecule has 2 N–H and O–H groups in total. The van der Waals surface area contributed by atoms with Crippen molar-refractivity contribution >= 4 is 23.7 Å². The molecule has 5 nitrogen and oxygen atoms in total. The Hall–Kier alpha value is -2.47. The minimum atomic E-state index is -0.329. The number of ether oxygens (including phenoxy) is 1. The summed E-state index contributed by atoms with van der Waals surface area (Å²) in [5.41, 5.74) is 4.10. The van der Waals surface area contributed by atoms with Crippen molar-refractivity contribution in [1.82, 2.24) is 10.6 Å². The molecular formula is C20H25N3O2S. The Bertz CT molecular complexity index is 773. The molecule has 2 aromatic carbocycles.